The quantitative estimate of drug-likeness (QED) is 0.203. The monoisotopic (exact) mass is 829 g/mol. The number of fused-ring (bicyclic) bond motifs is 3. The first-order valence-corrected chi connectivity index (χ1v) is 23.0. The minimum atomic E-state index is -4.60. The smallest absolute Gasteiger partial charge is 0.416 e. The molecular formula is C45H55ClF3NO6S. The summed E-state index contributed by atoms with van der Waals surface area (Å²) in [5, 5.41) is 24.2. The second-order valence-corrected chi connectivity index (χ2v) is 22.6. The molecule has 2 aromatic rings. The SMILES string of the molecule is CC1(C)[C@H]2CC[C@@H](CN(C[C@]3(O)CC[C@H]4[C@]56C=C[C@@]7(C=C5C(=O)c5ccc(-c8cc(C(F)(F)F)ccc8Cl)o5)CC(O)CC[C@]7(C)[C@H]6CC[C@@]43C)S(C)(=O)=O)[C@@H]1C2. The normalized spacial score (nSPS) is 41.6. The molecule has 1 unspecified atom stereocenters. The number of furan rings is 1. The maximum atomic E-state index is 15.1. The Balaban J connectivity index is 1.10. The number of hydrogen-bond donors (Lipinski definition) is 2. The van der Waals surface area contributed by atoms with E-state index in [1.54, 1.807) is 4.31 Å². The Kier molecular flexibility index (Phi) is 8.81. The van der Waals surface area contributed by atoms with E-state index in [1.165, 1.54) is 24.5 Å². The summed E-state index contributed by atoms with van der Waals surface area (Å²) in [6.45, 7) is 9.37. The predicted octanol–water partition coefficient (Wildman–Crippen LogP) is 9.73. The lowest BCUT2D eigenvalue weighted by atomic mass is 9.32. The van der Waals surface area contributed by atoms with Gasteiger partial charge < -0.3 is 14.6 Å². The number of halogens is 4. The van der Waals surface area contributed by atoms with Crippen LogP contribution in [0.15, 0.2) is 58.6 Å². The number of aliphatic hydroxyl groups excluding tert-OH is 1. The molecule has 6 saturated carbocycles. The highest BCUT2D eigenvalue weighted by Gasteiger charge is 2.75. The molecule has 12 heteroatoms. The minimum Gasteiger partial charge on any atom is -0.453 e. The summed E-state index contributed by atoms with van der Waals surface area (Å²) in [6, 6.07) is 5.97. The molecule has 6 fully saturated rings. The average Bonchev–Trinajstić information content (AvgIpc) is 3.73. The van der Waals surface area contributed by atoms with Gasteiger partial charge in [0.05, 0.1) is 28.5 Å². The Bertz CT molecular complexity index is 2200. The standard InChI is InChI=1S/C45H55ClF3NO6S/c1-39(2)27-7-6-26(31(39)21-27)24-50(57(5,54)55)25-43(53)17-14-37-41(43,4)16-13-36-40(3)15-12-29(51)22-42(40)18-19-44(36,37)32(23-42)38(52)35-11-10-34(56-35)30-20-28(45(47,48)49)8-9-33(30)46/h8-11,18-20,23,26-27,29,31,36-37,51,53H,6-7,12-17,21-22,24-25H2,1-5H3/t26-,27-,29?,31-,36+,37+,40+,41-,42-,43+,44+/m0/s1. The number of alkyl halides is 3. The number of rotatable bonds is 8. The van der Waals surface area contributed by atoms with E-state index in [2.05, 4.69) is 45.9 Å². The number of carbonyl (C=O) groups is 1. The van der Waals surface area contributed by atoms with Crippen LogP contribution in [-0.4, -0.2) is 59.8 Å². The molecule has 9 aliphatic rings. The van der Waals surface area contributed by atoms with Gasteiger partial charge in [0, 0.05) is 40.5 Å². The Hall–Kier alpha value is -2.44. The van der Waals surface area contributed by atoms with Crippen molar-refractivity contribution in [3.05, 3.63) is 70.5 Å². The fourth-order valence-electron chi connectivity index (χ4n) is 14.3. The van der Waals surface area contributed by atoms with Gasteiger partial charge in [-0.25, -0.2) is 8.42 Å². The van der Waals surface area contributed by atoms with Crippen molar-refractivity contribution in [3.63, 3.8) is 0 Å². The summed E-state index contributed by atoms with van der Waals surface area (Å²) in [6.07, 6.45) is 9.90. The number of Topliss-reactive ketones (excluding diaryl/α,β-unsaturated/α-hetero) is 1. The molecule has 11 atom stereocenters. The first-order chi connectivity index (χ1) is 26.5. The largest absolute Gasteiger partial charge is 0.453 e. The number of sulfonamides is 1. The van der Waals surface area contributed by atoms with Crippen LogP contribution in [0.25, 0.3) is 11.3 Å². The summed E-state index contributed by atoms with van der Waals surface area (Å²) in [4.78, 5) is 15.1. The van der Waals surface area contributed by atoms with Crippen molar-refractivity contribution in [2.75, 3.05) is 19.3 Å². The van der Waals surface area contributed by atoms with Gasteiger partial charge in [0.15, 0.2) is 5.76 Å². The zero-order valence-electron chi connectivity index (χ0n) is 33.5. The number of carbonyl (C=O) groups excluding carboxylic acids is 1. The Morgan fingerprint density at radius 1 is 0.965 bits per heavy atom. The fourth-order valence-corrected chi connectivity index (χ4v) is 15.4. The molecular weight excluding hydrogens is 775 g/mol. The molecule has 7 nitrogen and oxygen atoms in total. The van der Waals surface area contributed by atoms with E-state index in [1.807, 2.05) is 0 Å². The third-order valence-corrected chi connectivity index (χ3v) is 19.2. The molecule has 310 valence electrons. The number of allylic oxidation sites excluding steroid dienone is 4. The Morgan fingerprint density at radius 3 is 2.35 bits per heavy atom. The minimum absolute atomic E-state index is 0.00391. The number of benzene rings is 1. The predicted molar refractivity (Wildman–Crippen MR) is 212 cm³/mol. The number of ketones is 1. The molecule has 4 bridgehead atoms. The van der Waals surface area contributed by atoms with Gasteiger partial charge in [-0.05, 0) is 135 Å². The van der Waals surface area contributed by atoms with Crippen molar-refractivity contribution in [2.24, 2.45) is 56.7 Å². The van der Waals surface area contributed by atoms with Crippen LogP contribution in [0.3, 0.4) is 0 Å². The molecule has 1 heterocycles. The molecule has 0 amide bonds. The van der Waals surface area contributed by atoms with E-state index < -0.39 is 49.7 Å². The van der Waals surface area contributed by atoms with E-state index in [4.69, 9.17) is 16.0 Å². The molecule has 1 aromatic heterocycles. The lowest BCUT2D eigenvalue weighted by Gasteiger charge is -2.71. The topological polar surface area (TPSA) is 108 Å². The highest BCUT2D eigenvalue weighted by atomic mass is 35.5. The van der Waals surface area contributed by atoms with Crippen molar-refractivity contribution in [3.8, 4) is 11.3 Å². The van der Waals surface area contributed by atoms with Crippen LogP contribution in [-0.2, 0) is 16.2 Å². The number of aliphatic hydroxyl groups is 2. The highest BCUT2D eigenvalue weighted by molar-refractivity contribution is 7.88. The molecule has 11 rings (SSSR count). The zero-order chi connectivity index (χ0) is 40.9. The molecule has 57 heavy (non-hydrogen) atoms. The molecule has 0 radical (unpaired) electrons. The third kappa shape index (κ3) is 5.52. The second-order valence-electron chi connectivity index (χ2n) is 20.2. The van der Waals surface area contributed by atoms with Crippen molar-refractivity contribution in [2.45, 2.75) is 110 Å². The molecule has 0 aliphatic heterocycles. The number of nitrogens with zero attached hydrogens (tertiary/aromatic N) is 1. The first kappa shape index (κ1) is 40.0. The van der Waals surface area contributed by atoms with Crippen LogP contribution in [0, 0.1) is 56.7 Å². The first-order valence-electron chi connectivity index (χ1n) is 20.8. The lowest BCUT2D eigenvalue weighted by molar-refractivity contribution is -0.175. The van der Waals surface area contributed by atoms with Crippen molar-refractivity contribution in [1.29, 1.82) is 0 Å². The lowest BCUT2D eigenvalue weighted by Crippen LogP contribution is -2.67. The van der Waals surface area contributed by atoms with Gasteiger partial charge in [-0.1, -0.05) is 57.5 Å². The summed E-state index contributed by atoms with van der Waals surface area (Å²) in [5.74, 6) is 0.765. The molecule has 0 saturated heterocycles. The zero-order valence-corrected chi connectivity index (χ0v) is 35.0. The van der Waals surface area contributed by atoms with E-state index in [9.17, 15) is 31.8 Å². The molecule has 2 spiro atoms. The van der Waals surface area contributed by atoms with Crippen molar-refractivity contribution < 1.29 is 41.0 Å². The summed E-state index contributed by atoms with van der Waals surface area (Å²) < 4.78 is 76.0. The van der Waals surface area contributed by atoms with Crippen LogP contribution in [0.1, 0.15) is 108 Å². The van der Waals surface area contributed by atoms with Crippen molar-refractivity contribution >= 4 is 27.4 Å². The van der Waals surface area contributed by atoms with Gasteiger partial charge in [-0.2, -0.15) is 17.5 Å². The summed E-state index contributed by atoms with van der Waals surface area (Å²) in [7, 11) is -3.67. The number of hydrogen-bond acceptors (Lipinski definition) is 6. The molecule has 2 N–H and O–H groups in total. The molecule has 1 aromatic carbocycles. The second kappa shape index (κ2) is 12.6. The Morgan fingerprint density at radius 2 is 1.67 bits per heavy atom. The van der Waals surface area contributed by atoms with E-state index in [0.29, 0.717) is 62.5 Å². The Labute approximate surface area is 339 Å². The van der Waals surface area contributed by atoms with E-state index in [-0.39, 0.29) is 63.0 Å². The van der Waals surface area contributed by atoms with Crippen LogP contribution < -0.4 is 0 Å². The maximum absolute atomic E-state index is 15.1. The average molecular weight is 830 g/mol. The van der Waals surface area contributed by atoms with Gasteiger partial charge in [-0.3, -0.25) is 4.79 Å². The summed E-state index contributed by atoms with van der Waals surface area (Å²) in [5.41, 5.74) is -4.00. The third-order valence-electron chi connectivity index (χ3n) is 17.7. The molecule has 9 aliphatic carbocycles. The van der Waals surface area contributed by atoms with Crippen LogP contribution >= 0.6 is 11.6 Å². The van der Waals surface area contributed by atoms with Gasteiger partial charge in [0.2, 0.25) is 15.8 Å². The maximum Gasteiger partial charge on any atom is 0.416 e. The summed E-state index contributed by atoms with van der Waals surface area (Å²) >= 11 is 6.39. The van der Waals surface area contributed by atoms with E-state index >= 15 is 4.79 Å². The van der Waals surface area contributed by atoms with Crippen molar-refractivity contribution in [1.82, 2.24) is 4.31 Å². The van der Waals surface area contributed by atoms with Gasteiger partial charge in [0.25, 0.3) is 0 Å². The van der Waals surface area contributed by atoms with Gasteiger partial charge in [0.1, 0.15) is 5.76 Å². The van der Waals surface area contributed by atoms with Gasteiger partial charge >= 0.3 is 6.18 Å². The highest BCUT2D eigenvalue weighted by Crippen LogP contribution is 2.78. The van der Waals surface area contributed by atoms with Gasteiger partial charge in [-0.15, -0.1) is 0 Å². The van der Waals surface area contributed by atoms with E-state index in [0.717, 1.165) is 37.8 Å². The fraction of sp³-hybridized carbons (Fsp3) is 0.667. The van der Waals surface area contributed by atoms with Crippen LogP contribution in [0.5, 0.6) is 0 Å². The van der Waals surface area contributed by atoms with Crippen LogP contribution in [0.2, 0.25) is 5.02 Å². The van der Waals surface area contributed by atoms with Crippen LogP contribution in [0.4, 0.5) is 13.2 Å².